The van der Waals surface area contributed by atoms with Crippen LogP contribution < -0.4 is 10.1 Å². The van der Waals surface area contributed by atoms with E-state index in [1.807, 2.05) is 24.3 Å². The highest BCUT2D eigenvalue weighted by Gasteiger charge is 2.03. The average molecular weight is 436 g/mol. The highest BCUT2D eigenvalue weighted by molar-refractivity contribution is 9.10. The van der Waals surface area contributed by atoms with Gasteiger partial charge in [-0.05, 0) is 53.3 Å². The van der Waals surface area contributed by atoms with Gasteiger partial charge in [0.15, 0.2) is 0 Å². The van der Waals surface area contributed by atoms with E-state index in [0.29, 0.717) is 6.61 Å². The molecule has 0 aliphatic heterocycles. The Balaban J connectivity index is 0.00000264. The van der Waals surface area contributed by atoms with Crippen molar-refractivity contribution in [3.05, 3.63) is 64.1 Å². The normalized spacial score (nSPS) is 10.0. The minimum atomic E-state index is 0. The molecule has 0 bridgehead atoms. The van der Waals surface area contributed by atoms with E-state index in [9.17, 15) is 0 Å². The summed E-state index contributed by atoms with van der Waals surface area (Å²) >= 11 is 3.59. The van der Waals surface area contributed by atoms with Crippen molar-refractivity contribution < 1.29 is 4.74 Å². The zero-order valence-electron chi connectivity index (χ0n) is 14.0. The molecule has 2 rings (SSSR count). The van der Waals surface area contributed by atoms with Crippen molar-refractivity contribution in [3.63, 3.8) is 0 Å². The van der Waals surface area contributed by atoms with Gasteiger partial charge in [0.25, 0.3) is 0 Å². The van der Waals surface area contributed by atoms with Gasteiger partial charge >= 0.3 is 0 Å². The largest absolute Gasteiger partial charge is 0.488 e. The summed E-state index contributed by atoms with van der Waals surface area (Å²) in [5.74, 6) is 0.876. The first-order valence-corrected chi connectivity index (χ1v) is 8.25. The molecular weight excluding hydrogens is 411 g/mol. The monoisotopic (exact) mass is 434 g/mol. The molecular formula is C18H25BrCl2N2O. The van der Waals surface area contributed by atoms with Gasteiger partial charge in [0.1, 0.15) is 12.4 Å². The Morgan fingerprint density at radius 3 is 2.33 bits per heavy atom. The molecule has 0 spiro atoms. The van der Waals surface area contributed by atoms with Crippen molar-refractivity contribution in [2.24, 2.45) is 0 Å². The zero-order chi connectivity index (χ0) is 15.8. The lowest BCUT2D eigenvalue weighted by molar-refractivity contribution is 0.304. The maximum absolute atomic E-state index is 5.86. The van der Waals surface area contributed by atoms with Gasteiger partial charge < -0.3 is 15.0 Å². The number of nitrogens with one attached hydrogen (secondary N) is 1. The predicted molar refractivity (Wildman–Crippen MR) is 110 cm³/mol. The SMILES string of the molecule is CN(C)CCNCc1ccc(OCc2ccccc2)c(Br)c1.Cl.Cl. The fourth-order valence-corrected chi connectivity index (χ4v) is 2.58. The second kappa shape index (κ2) is 12.6. The minimum Gasteiger partial charge on any atom is -0.488 e. The summed E-state index contributed by atoms with van der Waals surface area (Å²) in [6.45, 7) is 3.47. The summed E-state index contributed by atoms with van der Waals surface area (Å²) in [4.78, 5) is 2.17. The molecule has 0 radical (unpaired) electrons. The van der Waals surface area contributed by atoms with Crippen LogP contribution in [0.5, 0.6) is 5.75 Å². The van der Waals surface area contributed by atoms with E-state index in [-0.39, 0.29) is 24.8 Å². The Morgan fingerprint density at radius 1 is 1.00 bits per heavy atom. The number of likely N-dealkylation sites (N-methyl/N-ethyl adjacent to an activating group) is 1. The number of benzene rings is 2. The van der Waals surface area contributed by atoms with Crippen LogP contribution in [0.2, 0.25) is 0 Å². The van der Waals surface area contributed by atoms with Crippen LogP contribution in [-0.2, 0) is 13.2 Å². The third kappa shape index (κ3) is 8.36. The van der Waals surface area contributed by atoms with E-state index >= 15 is 0 Å². The first kappa shape index (κ1) is 23.2. The van der Waals surface area contributed by atoms with Gasteiger partial charge in [0.05, 0.1) is 4.47 Å². The fourth-order valence-electron chi connectivity index (χ4n) is 2.04. The van der Waals surface area contributed by atoms with E-state index < -0.39 is 0 Å². The van der Waals surface area contributed by atoms with Crippen LogP contribution in [0.15, 0.2) is 53.0 Å². The summed E-state index contributed by atoms with van der Waals surface area (Å²) in [5.41, 5.74) is 2.42. The molecule has 0 aliphatic rings. The van der Waals surface area contributed by atoms with Crippen molar-refractivity contribution in [3.8, 4) is 5.75 Å². The zero-order valence-corrected chi connectivity index (χ0v) is 17.2. The first-order valence-electron chi connectivity index (χ1n) is 7.46. The number of rotatable bonds is 8. The minimum absolute atomic E-state index is 0. The van der Waals surface area contributed by atoms with Gasteiger partial charge in [-0.3, -0.25) is 0 Å². The Morgan fingerprint density at radius 2 is 1.71 bits per heavy atom. The molecule has 134 valence electrons. The van der Waals surface area contributed by atoms with Crippen molar-refractivity contribution in [2.45, 2.75) is 13.2 Å². The summed E-state index contributed by atoms with van der Waals surface area (Å²) in [7, 11) is 4.16. The van der Waals surface area contributed by atoms with E-state index in [4.69, 9.17) is 4.74 Å². The summed E-state index contributed by atoms with van der Waals surface area (Å²) < 4.78 is 6.86. The highest BCUT2D eigenvalue weighted by Crippen LogP contribution is 2.26. The molecule has 6 heteroatoms. The number of ether oxygens (including phenoxy) is 1. The van der Waals surface area contributed by atoms with Gasteiger partial charge in [-0.25, -0.2) is 0 Å². The molecule has 2 aromatic rings. The topological polar surface area (TPSA) is 24.5 Å². The average Bonchev–Trinajstić information content (AvgIpc) is 2.51. The second-order valence-corrected chi connectivity index (χ2v) is 6.37. The molecule has 0 atom stereocenters. The Bertz CT molecular complexity index is 582. The van der Waals surface area contributed by atoms with E-state index in [1.54, 1.807) is 0 Å². The molecule has 0 fully saturated rings. The van der Waals surface area contributed by atoms with Gasteiger partial charge in [-0.1, -0.05) is 36.4 Å². The first-order chi connectivity index (χ1) is 10.6. The van der Waals surface area contributed by atoms with Crippen molar-refractivity contribution >= 4 is 40.7 Å². The fraction of sp³-hybridized carbons (Fsp3) is 0.333. The molecule has 0 amide bonds. The molecule has 0 heterocycles. The Labute approximate surface area is 165 Å². The lowest BCUT2D eigenvalue weighted by Crippen LogP contribution is -2.26. The van der Waals surface area contributed by atoms with Gasteiger partial charge in [-0.15, -0.1) is 24.8 Å². The summed E-state index contributed by atoms with van der Waals surface area (Å²) in [6.07, 6.45) is 0. The number of nitrogens with zero attached hydrogens (tertiary/aromatic N) is 1. The third-order valence-electron chi connectivity index (χ3n) is 3.30. The lowest BCUT2D eigenvalue weighted by atomic mass is 10.2. The van der Waals surface area contributed by atoms with Gasteiger partial charge in [0.2, 0.25) is 0 Å². The number of hydrogen-bond donors (Lipinski definition) is 1. The van der Waals surface area contributed by atoms with Crippen LogP contribution >= 0.6 is 40.7 Å². The molecule has 0 saturated heterocycles. The quantitative estimate of drug-likeness (QED) is 0.616. The van der Waals surface area contributed by atoms with E-state index in [1.165, 1.54) is 11.1 Å². The van der Waals surface area contributed by atoms with Crippen LogP contribution in [0.1, 0.15) is 11.1 Å². The Kier molecular flexibility index (Phi) is 12.2. The second-order valence-electron chi connectivity index (χ2n) is 5.52. The number of hydrogen-bond acceptors (Lipinski definition) is 3. The molecule has 1 N–H and O–H groups in total. The lowest BCUT2D eigenvalue weighted by Gasteiger charge is -2.12. The Hall–Kier alpha value is -0.780. The smallest absolute Gasteiger partial charge is 0.134 e. The van der Waals surface area contributed by atoms with Crippen molar-refractivity contribution in [2.75, 3.05) is 27.2 Å². The molecule has 24 heavy (non-hydrogen) atoms. The third-order valence-corrected chi connectivity index (χ3v) is 3.92. The molecule has 3 nitrogen and oxygen atoms in total. The maximum atomic E-state index is 5.86. The van der Waals surface area contributed by atoms with Crippen LogP contribution in [0.25, 0.3) is 0 Å². The van der Waals surface area contributed by atoms with Gasteiger partial charge in [0, 0.05) is 19.6 Å². The molecule has 2 aromatic carbocycles. The van der Waals surface area contributed by atoms with Crippen LogP contribution in [0.3, 0.4) is 0 Å². The van der Waals surface area contributed by atoms with Crippen molar-refractivity contribution in [1.29, 1.82) is 0 Å². The van der Waals surface area contributed by atoms with Crippen LogP contribution in [-0.4, -0.2) is 32.1 Å². The van der Waals surface area contributed by atoms with E-state index in [2.05, 4.69) is 64.5 Å². The molecule has 0 unspecified atom stereocenters. The van der Waals surface area contributed by atoms with Crippen LogP contribution in [0.4, 0.5) is 0 Å². The maximum Gasteiger partial charge on any atom is 0.134 e. The highest BCUT2D eigenvalue weighted by atomic mass is 79.9. The molecule has 0 aliphatic carbocycles. The molecule has 0 saturated carbocycles. The molecule has 0 aromatic heterocycles. The van der Waals surface area contributed by atoms with Gasteiger partial charge in [-0.2, -0.15) is 0 Å². The summed E-state index contributed by atoms with van der Waals surface area (Å²) in [5, 5.41) is 3.43. The summed E-state index contributed by atoms with van der Waals surface area (Å²) in [6, 6.07) is 16.4. The van der Waals surface area contributed by atoms with Crippen LogP contribution in [0, 0.1) is 0 Å². The van der Waals surface area contributed by atoms with Crippen molar-refractivity contribution in [1.82, 2.24) is 10.2 Å². The number of halogens is 3. The predicted octanol–water partition coefficient (Wildman–Crippen LogP) is 4.52. The standard InChI is InChI=1S/C18H23BrN2O.2ClH/c1-21(2)11-10-20-13-16-8-9-18(17(19)12-16)22-14-15-6-4-3-5-7-15;;/h3-9,12,20H,10-11,13-14H2,1-2H3;2*1H. The van der Waals surface area contributed by atoms with E-state index in [0.717, 1.165) is 29.9 Å².